The number of hydrogen-bond acceptors (Lipinski definition) is 2. The summed E-state index contributed by atoms with van der Waals surface area (Å²) in [5.74, 6) is -0.698. The zero-order valence-corrected chi connectivity index (χ0v) is 14.7. The van der Waals surface area contributed by atoms with Crippen molar-refractivity contribution >= 4 is 22.8 Å². The number of nitrogens with zero attached hydrogens (tertiary/aromatic N) is 2. The van der Waals surface area contributed by atoms with Gasteiger partial charge in [0.15, 0.2) is 5.96 Å². The molecule has 2 aromatic carbocycles. The average Bonchev–Trinajstić information content (AvgIpc) is 2.97. The first-order valence-corrected chi connectivity index (χ1v) is 8.46. The smallest absolute Gasteiger partial charge is 0.280 e. The molecule has 0 unspecified atom stereocenters. The van der Waals surface area contributed by atoms with E-state index in [9.17, 15) is 4.79 Å². The SMILES string of the molecule is CCOCc1cn(Cc2ccccc2)c2ccc(C(=O)N=C(N)N)cc12. The third-order valence-electron chi connectivity index (χ3n) is 4.10. The second-order valence-corrected chi connectivity index (χ2v) is 5.98. The van der Waals surface area contributed by atoms with Crippen molar-refractivity contribution in [1.29, 1.82) is 0 Å². The van der Waals surface area contributed by atoms with Crippen molar-refractivity contribution in [2.24, 2.45) is 16.5 Å². The van der Waals surface area contributed by atoms with Gasteiger partial charge in [-0.25, -0.2) is 0 Å². The fraction of sp³-hybridized carbons (Fsp3) is 0.200. The molecule has 26 heavy (non-hydrogen) atoms. The Morgan fingerprint density at radius 1 is 1.15 bits per heavy atom. The van der Waals surface area contributed by atoms with Gasteiger partial charge in [-0.15, -0.1) is 0 Å². The number of fused-ring (bicyclic) bond motifs is 1. The van der Waals surface area contributed by atoms with Crippen molar-refractivity contribution in [2.45, 2.75) is 20.1 Å². The maximum atomic E-state index is 12.1. The van der Waals surface area contributed by atoms with Crippen LogP contribution in [0.3, 0.4) is 0 Å². The van der Waals surface area contributed by atoms with Crippen molar-refractivity contribution in [3.05, 3.63) is 71.4 Å². The molecule has 3 rings (SSSR count). The van der Waals surface area contributed by atoms with Gasteiger partial charge in [-0.1, -0.05) is 30.3 Å². The number of aromatic nitrogens is 1. The van der Waals surface area contributed by atoms with E-state index < -0.39 is 5.91 Å². The summed E-state index contributed by atoms with van der Waals surface area (Å²) >= 11 is 0. The van der Waals surface area contributed by atoms with E-state index in [0.717, 1.165) is 23.0 Å². The highest BCUT2D eigenvalue weighted by atomic mass is 16.5. The summed E-state index contributed by atoms with van der Waals surface area (Å²) in [6.07, 6.45) is 2.07. The third kappa shape index (κ3) is 3.92. The number of rotatable bonds is 6. The van der Waals surface area contributed by atoms with Crippen molar-refractivity contribution in [1.82, 2.24) is 4.57 Å². The van der Waals surface area contributed by atoms with Crippen molar-refractivity contribution < 1.29 is 9.53 Å². The normalized spacial score (nSPS) is 10.8. The molecule has 0 aliphatic heterocycles. The molecule has 134 valence electrons. The Labute approximate surface area is 152 Å². The summed E-state index contributed by atoms with van der Waals surface area (Å²) in [5, 5.41) is 0.964. The van der Waals surface area contributed by atoms with E-state index in [1.165, 1.54) is 5.56 Å². The molecule has 0 saturated carbocycles. The van der Waals surface area contributed by atoms with Gasteiger partial charge in [0, 0.05) is 41.4 Å². The van der Waals surface area contributed by atoms with Crippen LogP contribution in [-0.4, -0.2) is 23.0 Å². The average molecular weight is 350 g/mol. The number of carbonyl (C=O) groups excluding carboxylic acids is 1. The maximum Gasteiger partial charge on any atom is 0.280 e. The number of aliphatic imine (C=N–C) groups is 1. The number of guanidine groups is 1. The van der Waals surface area contributed by atoms with Crippen molar-refractivity contribution in [3.63, 3.8) is 0 Å². The lowest BCUT2D eigenvalue weighted by Gasteiger charge is -2.06. The van der Waals surface area contributed by atoms with Crippen LogP contribution in [0, 0.1) is 0 Å². The minimum atomic E-state index is -0.454. The summed E-state index contributed by atoms with van der Waals surface area (Å²) in [7, 11) is 0. The number of nitrogens with two attached hydrogens (primary N) is 2. The molecular weight excluding hydrogens is 328 g/mol. The Bertz CT molecular complexity index is 941. The predicted octanol–water partition coefficient (Wildman–Crippen LogP) is 2.64. The molecule has 1 heterocycles. The van der Waals surface area contributed by atoms with E-state index in [1.54, 1.807) is 6.07 Å². The van der Waals surface area contributed by atoms with Gasteiger partial charge in [-0.3, -0.25) is 4.79 Å². The molecule has 0 aliphatic rings. The van der Waals surface area contributed by atoms with E-state index >= 15 is 0 Å². The summed E-state index contributed by atoms with van der Waals surface area (Å²) in [6.45, 7) is 3.80. The molecule has 6 heteroatoms. The van der Waals surface area contributed by atoms with Crippen LogP contribution in [0.4, 0.5) is 0 Å². The molecule has 6 nitrogen and oxygen atoms in total. The number of carbonyl (C=O) groups is 1. The van der Waals surface area contributed by atoms with Crippen LogP contribution < -0.4 is 11.5 Å². The van der Waals surface area contributed by atoms with Gasteiger partial charge in [0.2, 0.25) is 0 Å². The fourth-order valence-electron chi connectivity index (χ4n) is 2.92. The van der Waals surface area contributed by atoms with E-state index in [4.69, 9.17) is 16.2 Å². The maximum absolute atomic E-state index is 12.1. The molecule has 1 aromatic heterocycles. The first-order chi connectivity index (χ1) is 12.6. The zero-order chi connectivity index (χ0) is 18.5. The first-order valence-electron chi connectivity index (χ1n) is 8.46. The molecule has 0 spiro atoms. The Kier molecular flexibility index (Phi) is 5.34. The van der Waals surface area contributed by atoms with Gasteiger partial charge in [-0.2, -0.15) is 4.99 Å². The Morgan fingerprint density at radius 2 is 1.92 bits per heavy atom. The largest absolute Gasteiger partial charge is 0.377 e. The van der Waals surface area contributed by atoms with Crippen LogP contribution in [0.15, 0.2) is 59.7 Å². The highest BCUT2D eigenvalue weighted by Gasteiger charge is 2.13. The van der Waals surface area contributed by atoms with Gasteiger partial charge >= 0.3 is 0 Å². The van der Waals surface area contributed by atoms with Crippen molar-refractivity contribution in [3.8, 4) is 0 Å². The molecule has 4 N–H and O–H groups in total. The third-order valence-corrected chi connectivity index (χ3v) is 4.10. The summed E-state index contributed by atoms with van der Waals surface area (Å²) < 4.78 is 7.75. The van der Waals surface area contributed by atoms with Crippen LogP contribution in [0.2, 0.25) is 0 Å². The molecule has 0 atom stereocenters. The van der Waals surface area contributed by atoms with Crippen LogP contribution in [0.1, 0.15) is 28.4 Å². The Hall–Kier alpha value is -3.12. The van der Waals surface area contributed by atoms with E-state index in [-0.39, 0.29) is 5.96 Å². The predicted molar refractivity (Wildman–Crippen MR) is 103 cm³/mol. The second-order valence-electron chi connectivity index (χ2n) is 5.98. The molecule has 0 fully saturated rings. The number of amides is 1. The minimum Gasteiger partial charge on any atom is -0.377 e. The van der Waals surface area contributed by atoms with Gasteiger partial charge in [-0.05, 0) is 30.7 Å². The lowest BCUT2D eigenvalue weighted by atomic mass is 10.1. The second kappa shape index (κ2) is 7.84. The molecule has 1 amide bonds. The summed E-state index contributed by atoms with van der Waals surface area (Å²) in [5.41, 5.74) is 14.3. The zero-order valence-electron chi connectivity index (χ0n) is 14.7. The van der Waals surface area contributed by atoms with Crippen molar-refractivity contribution in [2.75, 3.05) is 6.61 Å². The molecule has 3 aromatic rings. The standard InChI is InChI=1S/C20H22N4O2/c1-2-26-13-16-12-24(11-14-6-4-3-5-7-14)18-9-8-15(10-17(16)18)19(25)23-20(21)22/h3-10,12H,2,11,13H2,1H3,(H4,21,22,23,25). The minimum absolute atomic E-state index is 0.244. The monoisotopic (exact) mass is 350 g/mol. The van der Waals surface area contributed by atoms with Crippen LogP contribution in [0.5, 0.6) is 0 Å². The topological polar surface area (TPSA) is 95.6 Å². The molecular formula is C20H22N4O2. The van der Waals surface area contributed by atoms with Crippen LogP contribution >= 0.6 is 0 Å². The number of hydrogen-bond donors (Lipinski definition) is 2. The van der Waals surface area contributed by atoms with E-state index in [1.807, 2.05) is 37.3 Å². The highest BCUT2D eigenvalue weighted by Crippen LogP contribution is 2.25. The van der Waals surface area contributed by atoms with Gasteiger partial charge in [0.1, 0.15) is 0 Å². The Morgan fingerprint density at radius 3 is 2.62 bits per heavy atom. The van der Waals surface area contributed by atoms with E-state index in [2.05, 4.69) is 27.9 Å². The lowest BCUT2D eigenvalue weighted by molar-refractivity contribution is 0.100. The number of ether oxygens (including phenoxy) is 1. The molecule has 0 radical (unpaired) electrons. The lowest BCUT2D eigenvalue weighted by Crippen LogP contribution is -2.24. The van der Waals surface area contributed by atoms with Gasteiger partial charge in [0.25, 0.3) is 5.91 Å². The summed E-state index contributed by atoms with van der Waals surface area (Å²) in [4.78, 5) is 15.8. The molecule has 0 aliphatic carbocycles. The highest BCUT2D eigenvalue weighted by molar-refractivity contribution is 6.04. The fourth-order valence-corrected chi connectivity index (χ4v) is 2.92. The molecule has 0 saturated heterocycles. The van der Waals surface area contributed by atoms with Crippen LogP contribution in [-0.2, 0) is 17.9 Å². The quantitative estimate of drug-likeness (QED) is 0.528. The molecule has 0 bridgehead atoms. The van der Waals surface area contributed by atoms with Gasteiger partial charge < -0.3 is 20.8 Å². The van der Waals surface area contributed by atoms with Gasteiger partial charge in [0.05, 0.1) is 6.61 Å². The van der Waals surface area contributed by atoms with E-state index in [0.29, 0.717) is 18.8 Å². The Balaban J connectivity index is 2.03. The summed E-state index contributed by atoms with van der Waals surface area (Å²) in [6, 6.07) is 15.7. The van der Waals surface area contributed by atoms with Crippen LogP contribution in [0.25, 0.3) is 10.9 Å². The first kappa shape index (κ1) is 17.7. The number of benzene rings is 2.